The highest BCUT2D eigenvalue weighted by atomic mass is 19.4. The Hall–Kier alpha value is -1.70. The molecule has 2 rings (SSSR count). The largest absolute Gasteiger partial charge is 0.405 e. The fourth-order valence-corrected chi connectivity index (χ4v) is 2.24. The minimum Gasteiger partial charge on any atom is -0.334 e. The molecule has 1 amide bonds. The van der Waals surface area contributed by atoms with Gasteiger partial charge in [-0.25, -0.2) is 4.98 Å². The third-order valence-electron chi connectivity index (χ3n) is 3.51. The van der Waals surface area contributed by atoms with Crippen molar-refractivity contribution >= 4 is 5.91 Å². The maximum atomic E-state index is 13.0. The monoisotopic (exact) mass is 288 g/mol. The van der Waals surface area contributed by atoms with Gasteiger partial charge in [0.15, 0.2) is 0 Å². The lowest BCUT2D eigenvalue weighted by atomic mass is 10.1. The Morgan fingerprint density at radius 1 is 1.35 bits per heavy atom. The van der Waals surface area contributed by atoms with Gasteiger partial charge in [-0.15, -0.1) is 0 Å². The van der Waals surface area contributed by atoms with Gasteiger partial charge in [0.05, 0.1) is 6.20 Å². The van der Waals surface area contributed by atoms with Gasteiger partial charge >= 0.3 is 6.18 Å². The van der Waals surface area contributed by atoms with Crippen molar-refractivity contribution in [3.05, 3.63) is 24.3 Å². The summed E-state index contributed by atoms with van der Waals surface area (Å²) in [6.45, 7) is 1.51. The number of nitrogens with zero attached hydrogens (tertiary/aromatic N) is 4. The van der Waals surface area contributed by atoms with Gasteiger partial charge in [0.25, 0.3) is 5.91 Å². The SMILES string of the molecule is CC1CN(C(=O)c2cnccn2)CC(C(F)(F)F)N1C. The summed E-state index contributed by atoms with van der Waals surface area (Å²) >= 11 is 0. The van der Waals surface area contributed by atoms with E-state index in [0.29, 0.717) is 0 Å². The van der Waals surface area contributed by atoms with Crippen LogP contribution in [-0.2, 0) is 0 Å². The number of hydrogen-bond donors (Lipinski definition) is 0. The van der Waals surface area contributed by atoms with E-state index in [-0.39, 0.29) is 24.8 Å². The number of piperazine rings is 1. The van der Waals surface area contributed by atoms with Gasteiger partial charge in [-0.05, 0) is 14.0 Å². The van der Waals surface area contributed by atoms with Gasteiger partial charge < -0.3 is 4.90 Å². The molecule has 1 saturated heterocycles. The molecule has 0 radical (unpaired) electrons. The number of carbonyl (C=O) groups excluding carboxylic acids is 1. The van der Waals surface area contributed by atoms with E-state index in [2.05, 4.69) is 9.97 Å². The van der Waals surface area contributed by atoms with E-state index in [1.165, 1.54) is 35.4 Å². The summed E-state index contributed by atoms with van der Waals surface area (Å²) in [6, 6.07) is -2.04. The van der Waals surface area contributed by atoms with Gasteiger partial charge in [-0.3, -0.25) is 14.7 Å². The molecule has 2 atom stereocenters. The van der Waals surface area contributed by atoms with Crippen molar-refractivity contribution in [2.75, 3.05) is 20.1 Å². The molecule has 0 bridgehead atoms. The number of amides is 1. The predicted octanol–water partition coefficient (Wildman–Crippen LogP) is 1.18. The average molecular weight is 288 g/mol. The van der Waals surface area contributed by atoms with E-state index in [0.717, 1.165) is 0 Å². The average Bonchev–Trinajstić information content (AvgIpc) is 2.40. The van der Waals surface area contributed by atoms with Crippen molar-refractivity contribution in [1.82, 2.24) is 19.8 Å². The van der Waals surface area contributed by atoms with Crippen molar-refractivity contribution in [3.8, 4) is 0 Å². The first kappa shape index (κ1) is 14.7. The topological polar surface area (TPSA) is 49.3 Å². The first-order valence-corrected chi connectivity index (χ1v) is 6.14. The summed E-state index contributed by atoms with van der Waals surface area (Å²) in [5.74, 6) is -0.521. The van der Waals surface area contributed by atoms with Crippen LogP contribution in [0.2, 0.25) is 0 Å². The number of halogens is 3. The van der Waals surface area contributed by atoms with Crippen molar-refractivity contribution in [2.24, 2.45) is 0 Å². The quantitative estimate of drug-likeness (QED) is 0.779. The molecule has 1 aromatic heterocycles. The fourth-order valence-electron chi connectivity index (χ4n) is 2.24. The third-order valence-corrected chi connectivity index (χ3v) is 3.51. The number of rotatable bonds is 1. The Labute approximate surface area is 114 Å². The molecule has 0 aliphatic carbocycles. The molecule has 20 heavy (non-hydrogen) atoms. The van der Waals surface area contributed by atoms with Crippen LogP contribution in [0.4, 0.5) is 13.2 Å². The first-order valence-electron chi connectivity index (χ1n) is 6.14. The van der Waals surface area contributed by atoms with Crippen LogP contribution in [0.1, 0.15) is 17.4 Å². The summed E-state index contributed by atoms with van der Waals surface area (Å²) in [4.78, 5) is 22.2. The number of hydrogen-bond acceptors (Lipinski definition) is 4. The zero-order chi connectivity index (χ0) is 14.9. The number of likely N-dealkylation sites (N-methyl/N-ethyl adjacent to an activating group) is 1. The highest BCUT2D eigenvalue weighted by molar-refractivity contribution is 5.92. The molecule has 0 spiro atoms. The second-order valence-corrected chi connectivity index (χ2v) is 4.87. The molecule has 1 fully saturated rings. The normalized spacial score (nSPS) is 24.8. The highest BCUT2D eigenvalue weighted by Crippen LogP contribution is 2.29. The molecule has 110 valence electrons. The van der Waals surface area contributed by atoms with Crippen molar-refractivity contribution in [2.45, 2.75) is 25.2 Å². The van der Waals surface area contributed by atoms with Gasteiger partial charge in [0.2, 0.25) is 0 Å². The Morgan fingerprint density at radius 2 is 2.05 bits per heavy atom. The van der Waals surface area contributed by atoms with Crippen molar-refractivity contribution in [3.63, 3.8) is 0 Å². The minimum absolute atomic E-state index is 0.0603. The zero-order valence-corrected chi connectivity index (χ0v) is 11.1. The van der Waals surface area contributed by atoms with Gasteiger partial charge in [-0.2, -0.15) is 13.2 Å². The minimum atomic E-state index is -4.37. The summed E-state index contributed by atoms with van der Waals surface area (Å²) in [5, 5.41) is 0. The number of carbonyl (C=O) groups is 1. The van der Waals surface area contributed by atoms with Crippen LogP contribution in [0.15, 0.2) is 18.6 Å². The van der Waals surface area contributed by atoms with Crippen LogP contribution >= 0.6 is 0 Å². The standard InChI is InChI=1S/C12H15F3N4O/c1-8-6-19(7-10(18(8)2)12(13,14)15)11(20)9-5-16-3-4-17-9/h3-5,8,10H,6-7H2,1-2H3. The lowest BCUT2D eigenvalue weighted by Crippen LogP contribution is -2.62. The lowest BCUT2D eigenvalue weighted by molar-refractivity contribution is -0.197. The molecular weight excluding hydrogens is 273 g/mol. The predicted molar refractivity (Wildman–Crippen MR) is 65.0 cm³/mol. The van der Waals surface area contributed by atoms with Crippen LogP contribution in [0.5, 0.6) is 0 Å². The van der Waals surface area contributed by atoms with E-state index < -0.39 is 18.1 Å². The van der Waals surface area contributed by atoms with Crippen LogP contribution in [0.3, 0.4) is 0 Å². The zero-order valence-electron chi connectivity index (χ0n) is 11.1. The van der Waals surface area contributed by atoms with Crippen LogP contribution in [-0.4, -0.2) is 64.1 Å². The Bertz CT molecular complexity index is 479. The Kier molecular flexibility index (Phi) is 3.94. The molecule has 1 aliphatic heterocycles. The molecule has 1 aromatic rings. The molecule has 0 aromatic carbocycles. The summed E-state index contributed by atoms with van der Waals surface area (Å²) in [6.07, 6.45) is -0.367. The van der Waals surface area contributed by atoms with E-state index >= 15 is 0 Å². The third kappa shape index (κ3) is 2.90. The lowest BCUT2D eigenvalue weighted by Gasteiger charge is -2.44. The first-order chi connectivity index (χ1) is 9.30. The molecule has 8 heteroatoms. The van der Waals surface area contributed by atoms with E-state index in [4.69, 9.17) is 0 Å². The fraction of sp³-hybridized carbons (Fsp3) is 0.583. The Balaban J connectivity index is 2.19. The summed E-state index contributed by atoms with van der Waals surface area (Å²) < 4.78 is 39.0. The second kappa shape index (κ2) is 5.35. The van der Waals surface area contributed by atoms with Crippen LogP contribution in [0.25, 0.3) is 0 Å². The van der Waals surface area contributed by atoms with Gasteiger partial charge in [0.1, 0.15) is 11.7 Å². The summed E-state index contributed by atoms with van der Waals surface area (Å²) in [7, 11) is 1.42. The molecule has 2 unspecified atom stereocenters. The molecular formula is C12H15F3N4O. The number of alkyl halides is 3. The van der Waals surface area contributed by atoms with Gasteiger partial charge in [0, 0.05) is 31.5 Å². The van der Waals surface area contributed by atoms with Crippen LogP contribution in [0, 0.1) is 0 Å². The van der Waals surface area contributed by atoms with E-state index in [9.17, 15) is 18.0 Å². The van der Waals surface area contributed by atoms with Crippen LogP contribution < -0.4 is 0 Å². The van der Waals surface area contributed by atoms with Gasteiger partial charge in [-0.1, -0.05) is 0 Å². The molecule has 2 heterocycles. The Morgan fingerprint density at radius 3 is 2.60 bits per heavy atom. The maximum Gasteiger partial charge on any atom is 0.405 e. The maximum absolute atomic E-state index is 13.0. The van der Waals surface area contributed by atoms with E-state index in [1.54, 1.807) is 6.92 Å². The molecule has 0 N–H and O–H groups in total. The van der Waals surface area contributed by atoms with Crippen molar-refractivity contribution < 1.29 is 18.0 Å². The number of aromatic nitrogens is 2. The highest BCUT2D eigenvalue weighted by Gasteiger charge is 2.48. The van der Waals surface area contributed by atoms with Crippen molar-refractivity contribution in [1.29, 1.82) is 0 Å². The second-order valence-electron chi connectivity index (χ2n) is 4.87. The molecule has 1 aliphatic rings. The smallest absolute Gasteiger partial charge is 0.334 e. The van der Waals surface area contributed by atoms with E-state index in [1.807, 2.05) is 0 Å². The molecule has 5 nitrogen and oxygen atoms in total. The molecule has 0 saturated carbocycles. The summed E-state index contributed by atoms with van der Waals surface area (Å²) in [5.41, 5.74) is 0.0603.